The molecular weight excluding hydrogens is 348 g/mol. The molecule has 0 unspecified atom stereocenters. The van der Waals surface area contributed by atoms with E-state index >= 15 is 0 Å². The molecule has 0 aromatic heterocycles. The Morgan fingerprint density at radius 2 is 1.82 bits per heavy atom. The molecule has 2 aromatic carbocycles. The fraction of sp³-hybridized carbons (Fsp3) is 0.391. The van der Waals surface area contributed by atoms with Crippen molar-refractivity contribution in [2.24, 2.45) is 0 Å². The molecule has 0 saturated carbocycles. The van der Waals surface area contributed by atoms with Crippen LogP contribution in [0, 0.1) is 11.3 Å². The molecule has 2 aromatic rings. The number of nitrogens with zero attached hydrogens (tertiary/aromatic N) is 3. The Bertz CT molecular complexity index is 854. The van der Waals surface area contributed by atoms with Crippen molar-refractivity contribution in [3.05, 3.63) is 59.2 Å². The highest BCUT2D eigenvalue weighted by atomic mass is 16.1. The van der Waals surface area contributed by atoms with Gasteiger partial charge in [0, 0.05) is 33.1 Å². The maximum absolute atomic E-state index is 11.0. The van der Waals surface area contributed by atoms with Crippen LogP contribution in [0.1, 0.15) is 30.0 Å². The minimum absolute atomic E-state index is 0.0394. The molecule has 5 heteroatoms. The largest absolute Gasteiger partial charge is 0.352 e. The molecule has 1 fully saturated rings. The standard InChI is InChI=1S/C23H28N4O/c1-18(28)25-16-19-4-7-21(8-5-19)23-9-6-20(14-22(23)15-24)17-27-11-3-10-26(2)12-13-27/h4-9,14H,3,10-13,16-17H2,1-2H3,(H,25,28). The molecule has 5 nitrogen and oxygen atoms in total. The van der Waals surface area contributed by atoms with E-state index < -0.39 is 0 Å². The third kappa shape index (κ3) is 5.41. The fourth-order valence-electron chi connectivity index (χ4n) is 3.58. The minimum Gasteiger partial charge on any atom is -0.352 e. The predicted octanol–water partition coefficient (Wildman–Crippen LogP) is 3.00. The summed E-state index contributed by atoms with van der Waals surface area (Å²) in [6, 6.07) is 16.6. The predicted molar refractivity (Wildman–Crippen MR) is 112 cm³/mol. The molecule has 3 rings (SSSR count). The van der Waals surface area contributed by atoms with Gasteiger partial charge in [-0.05, 0) is 54.9 Å². The maximum Gasteiger partial charge on any atom is 0.217 e. The molecule has 1 heterocycles. The summed E-state index contributed by atoms with van der Waals surface area (Å²) < 4.78 is 0. The van der Waals surface area contributed by atoms with Gasteiger partial charge in [-0.15, -0.1) is 0 Å². The normalized spacial score (nSPS) is 15.6. The quantitative estimate of drug-likeness (QED) is 0.872. The van der Waals surface area contributed by atoms with Crippen molar-refractivity contribution in [1.82, 2.24) is 15.1 Å². The van der Waals surface area contributed by atoms with Crippen LogP contribution in [0.2, 0.25) is 0 Å². The topological polar surface area (TPSA) is 59.4 Å². The average Bonchev–Trinajstić information content (AvgIpc) is 2.91. The SMILES string of the molecule is CC(=O)NCc1ccc(-c2ccc(CN3CCCN(C)CC3)cc2C#N)cc1. The smallest absolute Gasteiger partial charge is 0.217 e. The number of hydrogen-bond acceptors (Lipinski definition) is 4. The van der Waals surface area contributed by atoms with Gasteiger partial charge in [-0.25, -0.2) is 0 Å². The van der Waals surface area contributed by atoms with Crippen molar-refractivity contribution in [2.45, 2.75) is 26.4 Å². The molecule has 0 bridgehead atoms. The van der Waals surface area contributed by atoms with E-state index in [2.05, 4.69) is 40.4 Å². The van der Waals surface area contributed by atoms with Crippen molar-refractivity contribution in [3.8, 4) is 17.2 Å². The van der Waals surface area contributed by atoms with Gasteiger partial charge < -0.3 is 10.2 Å². The summed E-state index contributed by atoms with van der Waals surface area (Å²) >= 11 is 0. The van der Waals surface area contributed by atoms with E-state index in [-0.39, 0.29) is 5.91 Å². The number of hydrogen-bond donors (Lipinski definition) is 1. The lowest BCUT2D eigenvalue weighted by molar-refractivity contribution is -0.119. The van der Waals surface area contributed by atoms with Gasteiger partial charge in [-0.1, -0.05) is 36.4 Å². The molecule has 0 aliphatic carbocycles. The Hall–Kier alpha value is -2.68. The summed E-state index contributed by atoms with van der Waals surface area (Å²) in [5.74, 6) is -0.0394. The summed E-state index contributed by atoms with van der Waals surface area (Å²) in [7, 11) is 2.17. The first-order valence-corrected chi connectivity index (χ1v) is 9.83. The number of amides is 1. The molecule has 146 valence electrons. The van der Waals surface area contributed by atoms with Gasteiger partial charge in [-0.3, -0.25) is 9.69 Å². The van der Waals surface area contributed by atoms with Crippen molar-refractivity contribution in [2.75, 3.05) is 33.2 Å². The third-order valence-electron chi connectivity index (χ3n) is 5.23. The van der Waals surface area contributed by atoms with E-state index in [9.17, 15) is 10.1 Å². The summed E-state index contributed by atoms with van der Waals surface area (Å²) in [4.78, 5) is 15.9. The number of benzene rings is 2. The third-order valence-corrected chi connectivity index (χ3v) is 5.23. The molecule has 1 aliphatic rings. The highest BCUT2D eigenvalue weighted by Crippen LogP contribution is 2.25. The van der Waals surface area contributed by atoms with E-state index in [4.69, 9.17) is 0 Å². The van der Waals surface area contributed by atoms with Crippen LogP contribution in [0.4, 0.5) is 0 Å². The van der Waals surface area contributed by atoms with Crippen LogP contribution in [0.25, 0.3) is 11.1 Å². The molecule has 0 atom stereocenters. The number of nitrogens with one attached hydrogen (secondary N) is 1. The number of likely N-dealkylation sites (N-methyl/N-ethyl adjacent to an activating group) is 1. The zero-order chi connectivity index (χ0) is 19.9. The van der Waals surface area contributed by atoms with E-state index in [1.807, 2.05) is 30.3 Å². The second kappa shape index (κ2) is 9.50. The van der Waals surface area contributed by atoms with Crippen LogP contribution in [0.15, 0.2) is 42.5 Å². The first-order valence-electron chi connectivity index (χ1n) is 9.83. The lowest BCUT2D eigenvalue weighted by Crippen LogP contribution is -2.28. The Balaban J connectivity index is 1.72. The van der Waals surface area contributed by atoms with Gasteiger partial charge in [0.1, 0.15) is 0 Å². The van der Waals surface area contributed by atoms with Gasteiger partial charge in [-0.2, -0.15) is 5.26 Å². The second-order valence-corrected chi connectivity index (χ2v) is 7.53. The van der Waals surface area contributed by atoms with Crippen LogP contribution in [0.5, 0.6) is 0 Å². The highest BCUT2D eigenvalue weighted by molar-refractivity contribution is 5.73. The number of carbonyl (C=O) groups excluding carboxylic acids is 1. The molecule has 1 aliphatic heterocycles. The van der Waals surface area contributed by atoms with E-state index in [1.54, 1.807) is 0 Å². The van der Waals surface area contributed by atoms with Crippen molar-refractivity contribution in [1.29, 1.82) is 5.26 Å². The van der Waals surface area contributed by atoms with Gasteiger partial charge in [0.25, 0.3) is 0 Å². The molecule has 0 radical (unpaired) electrons. The lowest BCUT2D eigenvalue weighted by atomic mass is 9.97. The first-order chi connectivity index (χ1) is 13.5. The Morgan fingerprint density at radius 1 is 1.07 bits per heavy atom. The number of carbonyl (C=O) groups is 1. The van der Waals surface area contributed by atoms with Crippen LogP contribution in [-0.4, -0.2) is 48.9 Å². The fourth-order valence-corrected chi connectivity index (χ4v) is 3.58. The Labute approximate surface area is 167 Å². The average molecular weight is 377 g/mol. The van der Waals surface area contributed by atoms with Gasteiger partial charge >= 0.3 is 0 Å². The molecular formula is C23H28N4O. The zero-order valence-electron chi connectivity index (χ0n) is 16.7. The highest BCUT2D eigenvalue weighted by Gasteiger charge is 2.13. The maximum atomic E-state index is 11.0. The summed E-state index contributed by atoms with van der Waals surface area (Å²) in [5, 5.41) is 12.5. The molecule has 1 saturated heterocycles. The van der Waals surface area contributed by atoms with E-state index in [1.165, 1.54) is 18.9 Å². The minimum atomic E-state index is -0.0394. The van der Waals surface area contributed by atoms with Crippen molar-refractivity contribution < 1.29 is 4.79 Å². The van der Waals surface area contributed by atoms with E-state index in [0.29, 0.717) is 12.1 Å². The molecule has 28 heavy (non-hydrogen) atoms. The van der Waals surface area contributed by atoms with Crippen LogP contribution in [-0.2, 0) is 17.9 Å². The monoisotopic (exact) mass is 376 g/mol. The van der Waals surface area contributed by atoms with E-state index in [0.717, 1.165) is 49.4 Å². The van der Waals surface area contributed by atoms with Gasteiger partial charge in [0.05, 0.1) is 11.6 Å². The first kappa shape index (κ1) is 20.1. The molecule has 0 spiro atoms. The van der Waals surface area contributed by atoms with Crippen LogP contribution >= 0.6 is 0 Å². The molecule has 1 N–H and O–H groups in total. The molecule has 1 amide bonds. The van der Waals surface area contributed by atoms with Crippen LogP contribution in [0.3, 0.4) is 0 Å². The van der Waals surface area contributed by atoms with Gasteiger partial charge in [0.15, 0.2) is 0 Å². The van der Waals surface area contributed by atoms with Gasteiger partial charge in [0.2, 0.25) is 5.91 Å². The summed E-state index contributed by atoms with van der Waals surface area (Å²) in [6.45, 7) is 7.33. The Morgan fingerprint density at radius 3 is 2.54 bits per heavy atom. The lowest BCUT2D eigenvalue weighted by Gasteiger charge is -2.20. The van der Waals surface area contributed by atoms with Crippen LogP contribution < -0.4 is 5.32 Å². The number of rotatable bonds is 5. The Kier molecular flexibility index (Phi) is 6.80. The van der Waals surface area contributed by atoms with Crippen molar-refractivity contribution in [3.63, 3.8) is 0 Å². The van der Waals surface area contributed by atoms with Crippen molar-refractivity contribution >= 4 is 5.91 Å². The summed E-state index contributed by atoms with van der Waals surface area (Å²) in [6.07, 6.45) is 1.19. The second-order valence-electron chi connectivity index (χ2n) is 7.53. The zero-order valence-corrected chi connectivity index (χ0v) is 16.7. The summed E-state index contributed by atoms with van der Waals surface area (Å²) in [5.41, 5.74) is 4.91. The number of nitriles is 1.